The molecule has 0 saturated carbocycles. The van der Waals surface area contributed by atoms with Crippen LogP contribution in [-0.2, 0) is 4.74 Å². The van der Waals surface area contributed by atoms with Gasteiger partial charge in [-0.15, -0.1) is 0 Å². The number of benzene rings is 2. The number of aromatic amines is 1. The van der Waals surface area contributed by atoms with Crippen LogP contribution in [0.3, 0.4) is 0 Å². The quantitative estimate of drug-likeness (QED) is 0.644. The van der Waals surface area contributed by atoms with Crippen molar-refractivity contribution >= 4 is 22.8 Å². The van der Waals surface area contributed by atoms with E-state index in [9.17, 15) is 14.7 Å². The van der Waals surface area contributed by atoms with E-state index in [1.54, 1.807) is 38.5 Å². The van der Waals surface area contributed by atoms with E-state index in [0.717, 1.165) is 28.5 Å². The molecule has 7 heteroatoms. The van der Waals surface area contributed by atoms with Gasteiger partial charge >= 0.3 is 5.97 Å². The van der Waals surface area contributed by atoms with Gasteiger partial charge in [0.2, 0.25) is 0 Å². The predicted molar refractivity (Wildman–Crippen MR) is 117 cm³/mol. The molecule has 3 aromatic rings. The van der Waals surface area contributed by atoms with Crippen molar-refractivity contribution in [2.75, 3.05) is 20.8 Å². The Balaban J connectivity index is 1.77. The van der Waals surface area contributed by atoms with Crippen molar-refractivity contribution in [1.29, 1.82) is 0 Å². The van der Waals surface area contributed by atoms with Crippen molar-refractivity contribution < 1.29 is 24.2 Å². The molecule has 1 aliphatic rings. The monoisotopic (exact) mass is 422 g/mol. The maximum atomic E-state index is 13.9. The molecule has 0 spiro atoms. The number of H-pyrrole nitrogens is 1. The minimum atomic E-state index is -0.975. The van der Waals surface area contributed by atoms with Crippen LogP contribution < -0.4 is 4.74 Å². The highest BCUT2D eigenvalue weighted by Crippen LogP contribution is 2.37. The summed E-state index contributed by atoms with van der Waals surface area (Å²) in [7, 11) is 3.25. The third-order valence-corrected chi connectivity index (χ3v) is 6.13. The molecule has 2 heterocycles. The molecule has 7 nitrogen and oxygen atoms in total. The fourth-order valence-electron chi connectivity index (χ4n) is 4.46. The number of aromatic nitrogens is 1. The molecule has 0 bridgehead atoms. The number of piperidine rings is 1. The van der Waals surface area contributed by atoms with Crippen LogP contribution in [0.25, 0.3) is 10.9 Å². The molecule has 0 aliphatic carbocycles. The second kappa shape index (κ2) is 8.43. The number of carboxylic acid groups (broad SMARTS) is 1. The number of hydrogen-bond donors (Lipinski definition) is 2. The fourth-order valence-corrected chi connectivity index (χ4v) is 4.46. The maximum Gasteiger partial charge on any atom is 0.335 e. The van der Waals surface area contributed by atoms with Crippen molar-refractivity contribution in [2.24, 2.45) is 0 Å². The van der Waals surface area contributed by atoms with Gasteiger partial charge in [0.05, 0.1) is 30.4 Å². The molecule has 1 amide bonds. The molecule has 0 radical (unpaired) electrons. The molecular formula is C24H26N2O5. The Morgan fingerprint density at radius 2 is 1.90 bits per heavy atom. The van der Waals surface area contributed by atoms with Crippen molar-refractivity contribution in [1.82, 2.24) is 9.88 Å². The van der Waals surface area contributed by atoms with E-state index in [4.69, 9.17) is 9.47 Å². The minimum absolute atomic E-state index is 0.0281. The van der Waals surface area contributed by atoms with Crippen LogP contribution in [0.4, 0.5) is 0 Å². The lowest BCUT2D eigenvalue weighted by Gasteiger charge is -2.39. The number of amides is 1. The lowest BCUT2D eigenvalue weighted by Crippen LogP contribution is -2.43. The summed E-state index contributed by atoms with van der Waals surface area (Å²) in [5.74, 6) is -0.538. The Kier molecular flexibility index (Phi) is 5.69. The van der Waals surface area contributed by atoms with Gasteiger partial charge in [-0.05, 0) is 55.2 Å². The van der Waals surface area contributed by atoms with Gasteiger partial charge < -0.3 is 24.5 Å². The number of likely N-dealkylation sites (tertiary alicyclic amines) is 1. The number of aromatic carboxylic acids is 1. The second-order valence-electron chi connectivity index (χ2n) is 7.86. The molecule has 2 aromatic carbocycles. The molecule has 162 valence electrons. The highest BCUT2D eigenvalue weighted by atomic mass is 16.5. The highest BCUT2D eigenvalue weighted by molar-refractivity contribution is 6.09. The van der Waals surface area contributed by atoms with Crippen LogP contribution in [0.5, 0.6) is 5.75 Å². The molecule has 1 fully saturated rings. The SMILES string of the molecule is COc1cc(C)c2[nH]ccc2c1C(=O)N1CC[C@H](OC)C[C@H]1c1ccc(C(=O)O)cc1. The summed E-state index contributed by atoms with van der Waals surface area (Å²) in [6.07, 6.45) is 3.23. The molecule has 0 unspecified atom stereocenters. The summed E-state index contributed by atoms with van der Waals surface area (Å²) in [6.45, 7) is 2.51. The van der Waals surface area contributed by atoms with Crippen molar-refractivity contribution in [3.63, 3.8) is 0 Å². The summed E-state index contributed by atoms with van der Waals surface area (Å²) in [5.41, 5.74) is 3.56. The van der Waals surface area contributed by atoms with Gasteiger partial charge in [0.15, 0.2) is 0 Å². The molecule has 1 aromatic heterocycles. The minimum Gasteiger partial charge on any atom is -0.496 e. The first-order chi connectivity index (χ1) is 14.9. The number of aryl methyl sites for hydroxylation is 1. The third-order valence-electron chi connectivity index (χ3n) is 6.13. The van der Waals surface area contributed by atoms with E-state index in [-0.39, 0.29) is 23.6 Å². The Morgan fingerprint density at radius 3 is 2.55 bits per heavy atom. The van der Waals surface area contributed by atoms with Crippen LogP contribution in [0.1, 0.15) is 50.7 Å². The van der Waals surface area contributed by atoms with Crippen LogP contribution >= 0.6 is 0 Å². The number of carbonyl (C=O) groups excluding carboxylic acids is 1. The molecule has 1 saturated heterocycles. The number of nitrogens with one attached hydrogen (secondary N) is 1. The number of hydrogen-bond acceptors (Lipinski definition) is 4. The molecule has 2 atom stereocenters. The van der Waals surface area contributed by atoms with E-state index in [2.05, 4.69) is 4.98 Å². The average Bonchev–Trinajstić information content (AvgIpc) is 3.28. The van der Waals surface area contributed by atoms with Crippen LogP contribution in [-0.4, -0.2) is 53.7 Å². The van der Waals surface area contributed by atoms with Crippen LogP contribution in [0.15, 0.2) is 42.6 Å². The lowest BCUT2D eigenvalue weighted by molar-refractivity contribution is 0.0113. The first kappa shape index (κ1) is 20.9. The summed E-state index contributed by atoms with van der Waals surface area (Å²) in [6, 6.07) is 10.3. The van der Waals surface area contributed by atoms with Gasteiger partial charge in [-0.3, -0.25) is 4.79 Å². The molecule has 2 N–H and O–H groups in total. The summed E-state index contributed by atoms with van der Waals surface area (Å²) in [4.78, 5) is 30.2. The zero-order chi connectivity index (χ0) is 22.1. The Morgan fingerprint density at radius 1 is 1.16 bits per heavy atom. The predicted octanol–water partition coefficient (Wildman–Crippen LogP) is 4.18. The standard InChI is InChI=1S/C24H26N2O5/c1-14-12-20(31-3)21(18-8-10-25-22(14)18)23(27)26-11-9-17(30-2)13-19(26)15-4-6-16(7-5-15)24(28)29/h4-8,10,12,17,19,25H,9,11,13H2,1-3H3,(H,28,29)/t17-,19-/m0/s1. The van der Waals surface area contributed by atoms with Gasteiger partial charge in [-0.25, -0.2) is 4.79 Å². The number of nitrogens with zero attached hydrogens (tertiary/aromatic N) is 1. The van der Waals surface area contributed by atoms with E-state index in [1.165, 1.54) is 0 Å². The zero-order valence-electron chi connectivity index (χ0n) is 17.8. The first-order valence-corrected chi connectivity index (χ1v) is 10.3. The molecule has 31 heavy (non-hydrogen) atoms. The number of carbonyl (C=O) groups is 2. The second-order valence-corrected chi connectivity index (χ2v) is 7.86. The smallest absolute Gasteiger partial charge is 0.335 e. The molecular weight excluding hydrogens is 396 g/mol. The lowest BCUT2D eigenvalue weighted by atomic mass is 9.91. The van der Waals surface area contributed by atoms with E-state index < -0.39 is 5.97 Å². The maximum absolute atomic E-state index is 13.9. The van der Waals surface area contributed by atoms with Gasteiger partial charge in [-0.2, -0.15) is 0 Å². The number of methoxy groups -OCH3 is 2. The Labute approximate surface area is 180 Å². The number of carboxylic acids is 1. The normalized spacial score (nSPS) is 18.9. The molecule has 4 rings (SSSR count). The summed E-state index contributed by atoms with van der Waals surface area (Å²) >= 11 is 0. The van der Waals surface area contributed by atoms with E-state index >= 15 is 0 Å². The first-order valence-electron chi connectivity index (χ1n) is 10.3. The van der Waals surface area contributed by atoms with Crippen LogP contribution in [0, 0.1) is 6.92 Å². The van der Waals surface area contributed by atoms with Gasteiger partial charge in [0, 0.05) is 30.8 Å². The Hall–Kier alpha value is -3.32. The van der Waals surface area contributed by atoms with Gasteiger partial charge in [0.1, 0.15) is 5.75 Å². The largest absolute Gasteiger partial charge is 0.496 e. The van der Waals surface area contributed by atoms with Gasteiger partial charge in [-0.1, -0.05) is 12.1 Å². The Bertz CT molecular complexity index is 1120. The third kappa shape index (κ3) is 3.77. The molecule has 1 aliphatic heterocycles. The van der Waals surface area contributed by atoms with Crippen molar-refractivity contribution in [3.8, 4) is 5.75 Å². The zero-order valence-corrected chi connectivity index (χ0v) is 17.8. The number of fused-ring (bicyclic) bond motifs is 1. The van der Waals surface area contributed by atoms with Gasteiger partial charge in [0.25, 0.3) is 5.91 Å². The summed E-state index contributed by atoms with van der Waals surface area (Å²) in [5, 5.41) is 10.0. The highest BCUT2D eigenvalue weighted by Gasteiger charge is 2.35. The van der Waals surface area contributed by atoms with Crippen molar-refractivity contribution in [3.05, 3.63) is 64.8 Å². The number of rotatable bonds is 5. The van der Waals surface area contributed by atoms with Crippen LogP contribution in [0.2, 0.25) is 0 Å². The van der Waals surface area contributed by atoms with E-state index in [0.29, 0.717) is 24.3 Å². The average molecular weight is 422 g/mol. The van der Waals surface area contributed by atoms with E-state index in [1.807, 2.05) is 30.2 Å². The summed E-state index contributed by atoms with van der Waals surface area (Å²) < 4.78 is 11.2. The number of ether oxygens (including phenoxy) is 2. The topological polar surface area (TPSA) is 91.9 Å². The fraction of sp³-hybridized carbons (Fsp3) is 0.333. The van der Waals surface area contributed by atoms with Crippen molar-refractivity contribution in [2.45, 2.75) is 31.9 Å².